The molecule has 1 atom stereocenters. The molecule has 0 bridgehead atoms. The Labute approximate surface area is 126 Å². The smallest absolute Gasteiger partial charge is 0.0294 e. The standard InChI is InChI=1S/C19H33N/c1-4-5-6-7-8-9-10-13-16-20-18(3)19-15-12-11-14-17(19)2/h11-12,14-15,18,20H,4-10,13,16H2,1-3H3/t18-/m0/s1. The van der Waals surface area contributed by atoms with E-state index in [1.807, 2.05) is 0 Å². The van der Waals surface area contributed by atoms with Crippen LogP contribution in [0.1, 0.15) is 82.4 Å². The van der Waals surface area contributed by atoms with Gasteiger partial charge in [0.05, 0.1) is 0 Å². The van der Waals surface area contributed by atoms with E-state index in [-0.39, 0.29) is 0 Å². The van der Waals surface area contributed by atoms with Crippen molar-refractivity contribution in [1.82, 2.24) is 5.32 Å². The summed E-state index contributed by atoms with van der Waals surface area (Å²) in [6.45, 7) is 7.89. The third kappa shape index (κ3) is 7.09. The summed E-state index contributed by atoms with van der Waals surface area (Å²) in [6.07, 6.45) is 11.1. The van der Waals surface area contributed by atoms with E-state index in [0.29, 0.717) is 6.04 Å². The zero-order chi connectivity index (χ0) is 14.6. The Morgan fingerprint density at radius 3 is 2.15 bits per heavy atom. The fourth-order valence-corrected chi connectivity index (χ4v) is 2.76. The van der Waals surface area contributed by atoms with Gasteiger partial charge in [0.2, 0.25) is 0 Å². The van der Waals surface area contributed by atoms with Gasteiger partial charge in [-0.15, -0.1) is 0 Å². The van der Waals surface area contributed by atoms with Crippen LogP contribution in [-0.4, -0.2) is 6.54 Å². The van der Waals surface area contributed by atoms with Crippen LogP contribution in [0.15, 0.2) is 24.3 Å². The van der Waals surface area contributed by atoms with Gasteiger partial charge in [0.1, 0.15) is 0 Å². The fourth-order valence-electron chi connectivity index (χ4n) is 2.76. The predicted molar refractivity (Wildman–Crippen MR) is 90.2 cm³/mol. The highest BCUT2D eigenvalue weighted by Gasteiger charge is 2.06. The third-order valence-electron chi connectivity index (χ3n) is 4.14. The molecular weight excluding hydrogens is 242 g/mol. The lowest BCUT2D eigenvalue weighted by Crippen LogP contribution is -2.20. The lowest BCUT2D eigenvalue weighted by Gasteiger charge is -2.16. The molecule has 20 heavy (non-hydrogen) atoms. The Kier molecular flexibility index (Phi) is 9.40. The van der Waals surface area contributed by atoms with Gasteiger partial charge in [0, 0.05) is 6.04 Å². The number of nitrogens with one attached hydrogen (secondary N) is 1. The maximum absolute atomic E-state index is 3.65. The summed E-state index contributed by atoms with van der Waals surface area (Å²) in [7, 11) is 0. The molecular formula is C19H33N. The Morgan fingerprint density at radius 1 is 0.900 bits per heavy atom. The molecule has 1 N–H and O–H groups in total. The molecule has 0 spiro atoms. The van der Waals surface area contributed by atoms with Gasteiger partial charge in [-0.05, 0) is 37.9 Å². The fraction of sp³-hybridized carbons (Fsp3) is 0.684. The summed E-state index contributed by atoms with van der Waals surface area (Å²) in [6, 6.07) is 9.16. The highest BCUT2D eigenvalue weighted by atomic mass is 14.9. The highest BCUT2D eigenvalue weighted by Crippen LogP contribution is 2.16. The molecule has 0 saturated carbocycles. The topological polar surface area (TPSA) is 12.0 Å². The van der Waals surface area contributed by atoms with Crippen LogP contribution < -0.4 is 5.32 Å². The first kappa shape index (κ1) is 17.2. The van der Waals surface area contributed by atoms with Crippen LogP contribution in [0, 0.1) is 6.92 Å². The van der Waals surface area contributed by atoms with Crippen molar-refractivity contribution in [2.45, 2.75) is 78.2 Å². The minimum Gasteiger partial charge on any atom is -0.310 e. The van der Waals surface area contributed by atoms with Crippen LogP contribution in [0.2, 0.25) is 0 Å². The summed E-state index contributed by atoms with van der Waals surface area (Å²) in [5.74, 6) is 0. The largest absolute Gasteiger partial charge is 0.310 e. The number of hydrogen-bond donors (Lipinski definition) is 1. The average Bonchev–Trinajstić information content (AvgIpc) is 2.46. The molecule has 0 aromatic heterocycles. The van der Waals surface area contributed by atoms with E-state index < -0.39 is 0 Å². The molecule has 0 aliphatic carbocycles. The van der Waals surface area contributed by atoms with E-state index in [9.17, 15) is 0 Å². The van der Waals surface area contributed by atoms with Crippen molar-refractivity contribution in [2.75, 3.05) is 6.54 Å². The van der Waals surface area contributed by atoms with Crippen molar-refractivity contribution in [3.05, 3.63) is 35.4 Å². The first-order valence-corrected chi connectivity index (χ1v) is 8.54. The third-order valence-corrected chi connectivity index (χ3v) is 4.14. The first-order valence-electron chi connectivity index (χ1n) is 8.54. The molecule has 1 aromatic rings. The molecule has 1 nitrogen and oxygen atoms in total. The highest BCUT2D eigenvalue weighted by molar-refractivity contribution is 5.28. The predicted octanol–water partition coefficient (Wildman–Crippen LogP) is 5.79. The van der Waals surface area contributed by atoms with Crippen LogP contribution in [0.3, 0.4) is 0 Å². The molecule has 0 heterocycles. The summed E-state index contributed by atoms with van der Waals surface area (Å²) >= 11 is 0. The zero-order valence-corrected chi connectivity index (χ0v) is 13.8. The van der Waals surface area contributed by atoms with Gasteiger partial charge in [-0.1, -0.05) is 76.1 Å². The van der Waals surface area contributed by atoms with Crippen molar-refractivity contribution < 1.29 is 0 Å². The molecule has 1 aromatic carbocycles. The Balaban J connectivity index is 2.03. The minimum atomic E-state index is 0.473. The van der Waals surface area contributed by atoms with Crippen molar-refractivity contribution >= 4 is 0 Å². The number of aryl methyl sites for hydroxylation is 1. The average molecular weight is 275 g/mol. The lowest BCUT2D eigenvalue weighted by molar-refractivity contribution is 0.520. The summed E-state index contributed by atoms with van der Waals surface area (Å²) in [4.78, 5) is 0. The van der Waals surface area contributed by atoms with Gasteiger partial charge in [0.25, 0.3) is 0 Å². The number of rotatable bonds is 11. The summed E-state index contributed by atoms with van der Waals surface area (Å²) < 4.78 is 0. The molecule has 0 fully saturated rings. The van der Waals surface area contributed by atoms with Gasteiger partial charge in [-0.25, -0.2) is 0 Å². The van der Waals surface area contributed by atoms with E-state index in [2.05, 4.69) is 50.4 Å². The number of benzene rings is 1. The monoisotopic (exact) mass is 275 g/mol. The first-order chi connectivity index (χ1) is 9.75. The zero-order valence-electron chi connectivity index (χ0n) is 13.8. The van der Waals surface area contributed by atoms with E-state index in [1.165, 1.54) is 62.5 Å². The van der Waals surface area contributed by atoms with Crippen molar-refractivity contribution in [2.24, 2.45) is 0 Å². The Bertz CT molecular complexity index is 345. The van der Waals surface area contributed by atoms with Gasteiger partial charge >= 0.3 is 0 Å². The van der Waals surface area contributed by atoms with Crippen LogP contribution in [0.4, 0.5) is 0 Å². The van der Waals surface area contributed by atoms with Crippen LogP contribution in [0.5, 0.6) is 0 Å². The Hall–Kier alpha value is -0.820. The van der Waals surface area contributed by atoms with Gasteiger partial charge in [-0.2, -0.15) is 0 Å². The molecule has 1 rings (SSSR count). The van der Waals surface area contributed by atoms with Crippen LogP contribution in [-0.2, 0) is 0 Å². The van der Waals surface area contributed by atoms with Crippen molar-refractivity contribution in [3.8, 4) is 0 Å². The molecule has 0 aliphatic heterocycles. The summed E-state index contributed by atoms with van der Waals surface area (Å²) in [5, 5.41) is 3.65. The molecule has 0 saturated heterocycles. The molecule has 114 valence electrons. The van der Waals surface area contributed by atoms with Crippen LogP contribution in [0.25, 0.3) is 0 Å². The van der Waals surface area contributed by atoms with Gasteiger partial charge < -0.3 is 5.32 Å². The van der Waals surface area contributed by atoms with E-state index in [4.69, 9.17) is 0 Å². The molecule has 0 aliphatic rings. The molecule has 0 radical (unpaired) electrons. The minimum absolute atomic E-state index is 0.473. The lowest BCUT2D eigenvalue weighted by atomic mass is 10.0. The molecule has 0 unspecified atom stereocenters. The SMILES string of the molecule is CCCCCCCCCCN[C@@H](C)c1ccccc1C. The molecule has 1 heteroatoms. The second-order valence-corrected chi connectivity index (χ2v) is 6.01. The molecule has 0 amide bonds. The second-order valence-electron chi connectivity index (χ2n) is 6.01. The maximum atomic E-state index is 3.65. The van der Waals surface area contributed by atoms with Crippen LogP contribution >= 0.6 is 0 Å². The normalized spacial score (nSPS) is 12.6. The van der Waals surface area contributed by atoms with E-state index in [0.717, 1.165) is 6.54 Å². The van der Waals surface area contributed by atoms with Crippen molar-refractivity contribution in [1.29, 1.82) is 0 Å². The van der Waals surface area contributed by atoms with E-state index in [1.54, 1.807) is 0 Å². The summed E-state index contributed by atoms with van der Waals surface area (Å²) in [5.41, 5.74) is 2.83. The Morgan fingerprint density at radius 2 is 1.50 bits per heavy atom. The van der Waals surface area contributed by atoms with E-state index >= 15 is 0 Å². The number of unbranched alkanes of at least 4 members (excludes halogenated alkanes) is 7. The van der Waals surface area contributed by atoms with Gasteiger partial charge in [-0.3, -0.25) is 0 Å². The second kappa shape index (κ2) is 10.9. The quantitative estimate of drug-likeness (QED) is 0.504. The van der Waals surface area contributed by atoms with Gasteiger partial charge in [0.15, 0.2) is 0 Å². The van der Waals surface area contributed by atoms with Crippen molar-refractivity contribution in [3.63, 3.8) is 0 Å². The maximum Gasteiger partial charge on any atom is 0.0294 e. The number of hydrogen-bond acceptors (Lipinski definition) is 1.